The zero-order valence-electron chi connectivity index (χ0n) is 14.9. The predicted octanol–water partition coefficient (Wildman–Crippen LogP) is 3.28. The lowest BCUT2D eigenvalue weighted by atomic mass is 10.1. The van der Waals surface area contributed by atoms with Gasteiger partial charge < -0.3 is 20.5 Å². The molecular formula is C19H26IN3O2. The second kappa shape index (κ2) is 10.8. The Balaban J connectivity index is 0.00000312. The number of guanidine groups is 1. The fraction of sp³-hybridized carbons (Fsp3) is 0.316. The lowest BCUT2D eigenvalue weighted by molar-refractivity contribution is 0.354. The highest BCUT2D eigenvalue weighted by atomic mass is 127. The Labute approximate surface area is 166 Å². The van der Waals surface area contributed by atoms with Gasteiger partial charge in [0, 0.05) is 6.54 Å². The molecule has 0 fully saturated rings. The molecule has 6 heteroatoms. The van der Waals surface area contributed by atoms with E-state index in [0.717, 1.165) is 18.5 Å². The van der Waals surface area contributed by atoms with Crippen LogP contribution in [0.3, 0.4) is 0 Å². The number of ether oxygens (including phenoxy) is 2. The van der Waals surface area contributed by atoms with Gasteiger partial charge in [0.1, 0.15) is 0 Å². The molecule has 0 aromatic heterocycles. The number of aliphatic imine (C=N–C) groups is 1. The first-order valence-electron chi connectivity index (χ1n) is 7.92. The highest BCUT2D eigenvalue weighted by Gasteiger charge is 2.04. The van der Waals surface area contributed by atoms with E-state index in [0.29, 0.717) is 24.0 Å². The summed E-state index contributed by atoms with van der Waals surface area (Å²) in [6, 6.07) is 14.2. The van der Waals surface area contributed by atoms with Crippen molar-refractivity contribution in [2.45, 2.75) is 19.9 Å². The molecule has 3 N–H and O–H groups in total. The van der Waals surface area contributed by atoms with Crippen molar-refractivity contribution in [1.29, 1.82) is 0 Å². The molecule has 0 saturated heterocycles. The van der Waals surface area contributed by atoms with Crippen LogP contribution in [0.15, 0.2) is 47.5 Å². The monoisotopic (exact) mass is 455 g/mol. The van der Waals surface area contributed by atoms with E-state index in [-0.39, 0.29) is 24.0 Å². The van der Waals surface area contributed by atoms with E-state index in [9.17, 15) is 0 Å². The van der Waals surface area contributed by atoms with Crippen molar-refractivity contribution < 1.29 is 9.47 Å². The largest absolute Gasteiger partial charge is 0.493 e. The summed E-state index contributed by atoms with van der Waals surface area (Å²) in [5.74, 6) is 1.84. The summed E-state index contributed by atoms with van der Waals surface area (Å²) in [6.45, 7) is 3.34. The summed E-state index contributed by atoms with van der Waals surface area (Å²) in [6.07, 6.45) is 0.911. The number of aryl methyl sites for hydroxylation is 1. The van der Waals surface area contributed by atoms with Gasteiger partial charge >= 0.3 is 0 Å². The third-order valence-corrected chi connectivity index (χ3v) is 3.68. The molecule has 0 saturated carbocycles. The van der Waals surface area contributed by atoms with Crippen molar-refractivity contribution in [1.82, 2.24) is 5.32 Å². The maximum atomic E-state index is 5.93. The summed E-state index contributed by atoms with van der Waals surface area (Å²) >= 11 is 0. The van der Waals surface area contributed by atoms with Gasteiger partial charge in [0.15, 0.2) is 17.5 Å². The van der Waals surface area contributed by atoms with E-state index in [1.165, 1.54) is 11.1 Å². The first-order valence-corrected chi connectivity index (χ1v) is 7.92. The molecule has 25 heavy (non-hydrogen) atoms. The minimum Gasteiger partial charge on any atom is -0.493 e. The molecule has 0 aliphatic heterocycles. The Kier molecular flexibility index (Phi) is 9.12. The lowest BCUT2D eigenvalue weighted by Crippen LogP contribution is -2.33. The van der Waals surface area contributed by atoms with Crippen LogP contribution in [0, 0.1) is 6.92 Å². The predicted molar refractivity (Wildman–Crippen MR) is 113 cm³/mol. The number of methoxy groups -OCH3 is 2. The number of hydrogen-bond acceptors (Lipinski definition) is 3. The number of hydrogen-bond donors (Lipinski definition) is 2. The molecule has 0 bridgehead atoms. The second-order valence-corrected chi connectivity index (χ2v) is 5.56. The average Bonchev–Trinajstić information content (AvgIpc) is 2.59. The number of nitrogens with two attached hydrogens (primary N) is 1. The van der Waals surface area contributed by atoms with Crippen LogP contribution in [0.25, 0.3) is 0 Å². The van der Waals surface area contributed by atoms with Gasteiger partial charge in [-0.2, -0.15) is 0 Å². The Morgan fingerprint density at radius 3 is 2.48 bits per heavy atom. The van der Waals surface area contributed by atoms with Crippen molar-refractivity contribution in [3.63, 3.8) is 0 Å². The number of benzene rings is 2. The second-order valence-electron chi connectivity index (χ2n) is 5.56. The van der Waals surface area contributed by atoms with Crippen LogP contribution in [0.5, 0.6) is 11.5 Å². The molecule has 0 atom stereocenters. The smallest absolute Gasteiger partial charge is 0.188 e. The quantitative estimate of drug-likeness (QED) is 0.382. The van der Waals surface area contributed by atoms with E-state index in [4.69, 9.17) is 15.2 Å². The van der Waals surface area contributed by atoms with Gasteiger partial charge in [-0.1, -0.05) is 35.9 Å². The Morgan fingerprint density at radius 2 is 1.80 bits per heavy atom. The van der Waals surface area contributed by atoms with Crippen LogP contribution in [0.2, 0.25) is 0 Å². The highest BCUT2D eigenvalue weighted by Crippen LogP contribution is 2.27. The number of nitrogens with zero attached hydrogens (tertiary/aromatic N) is 1. The van der Waals surface area contributed by atoms with Gasteiger partial charge in [-0.05, 0) is 36.6 Å². The Morgan fingerprint density at radius 1 is 1.04 bits per heavy atom. The normalized spacial score (nSPS) is 10.8. The Bertz CT molecular complexity index is 705. The summed E-state index contributed by atoms with van der Waals surface area (Å²) < 4.78 is 10.5. The van der Waals surface area contributed by atoms with Crippen LogP contribution >= 0.6 is 24.0 Å². The molecule has 136 valence electrons. The summed E-state index contributed by atoms with van der Waals surface area (Å²) in [5.41, 5.74) is 9.49. The SMILES string of the molecule is COc1ccc(CN=C(N)NCCc2cccc(C)c2)cc1OC.I. The van der Waals surface area contributed by atoms with Crippen LogP contribution in [0.4, 0.5) is 0 Å². The van der Waals surface area contributed by atoms with Crippen molar-refractivity contribution in [3.05, 3.63) is 59.2 Å². The molecule has 2 rings (SSSR count). The van der Waals surface area contributed by atoms with Crippen molar-refractivity contribution >= 4 is 29.9 Å². The van der Waals surface area contributed by atoms with E-state index >= 15 is 0 Å². The van der Waals surface area contributed by atoms with E-state index in [2.05, 4.69) is 41.5 Å². The van der Waals surface area contributed by atoms with Gasteiger partial charge in [0.25, 0.3) is 0 Å². The number of rotatable bonds is 7. The first-order chi connectivity index (χ1) is 11.6. The minimum absolute atomic E-state index is 0. The van der Waals surface area contributed by atoms with Crippen molar-refractivity contribution in [2.24, 2.45) is 10.7 Å². The average molecular weight is 455 g/mol. The van der Waals surface area contributed by atoms with Gasteiger partial charge in [0.2, 0.25) is 0 Å². The number of halogens is 1. The molecule has 0 aliphatic carbocycles. The van der Waals surface area contributed by atoms with E-state index in [1.54, 1.807) is 14.2 Å². The molecule has 0 spiro atoms. The molecule has 2 aromatic rings. The minimum atomic E-state index is 0. The summed E-state index contributed by atoms with van der Waals surface area (Å²) in [4.78, 5) is 4.36. The van der Waals surface area contributed by atoms with Crippen molar-refractivity contribution in [3.8, 4) is 11.5 Å². The highest BCUT2D eigenvalue weighted by molar-refractivity contribution is 14.0. The van der Waals surface area contributed by atoms with Gasteiger partial charge in [-0.3, -0.25) is 0 Å². The van der Waals surface area contributed by atoms with Crippen LogP contribution in [-0.2, 0) is 13.0 Å². The Hall–Kier alpha value is -1.96. The van der Waals surface area contributed by atoms with Crippen LogP contribution < -0.4 is 20.5 Å². The molecule has 5 nitrogen and oxygen atoms in total. The zero-order chi connectivity index (χ0) is 17.4. The molecule has 0 unspecified atom stereocenters. The van der Waals surface area contributed by atoms with Gasteiger partial charge in [0.05, 0.1) is 20.8 Å². The summed E-state index contributed by atoms with van der Waals surface area (Å²) in [5, 5.41) is 3.14. The van der Waals surface area contributed by atoms with Gasteiger partial charge in [-0.25, -0.2) is 4.99 Å². The summed E-state index contributed by atoms with van der Waals surface area (Å²) in [7, 11) is 3.23. The van der Waals surface area contributed by atoms with Crippen molar-refractivity contribution in [2.75, 3.05) is 20.8 Å². The van der Waals surface area contributed by atoms with Crippen LogP contribution in [0.1, 0.15) is 16.7 Å². The first kappa shape index (κ1) is 21.1. The van der Waals surface area contributed by atoms with Gasteiger partial charge in [-0.15, -0.1) is 24.0 Å². The molecule has 2 aromatic carbocycles. The maximum Gasteiger partial charge on any atom is 0.188 e. The third-order valence-electron chi connectivity index (χ3n) is 3.68. The molecular weight excluding hydrogens is 429 g/mol. The van der Waals surface area contributed by atoms with E-state index in [1.807, 2.05) is 18.2 Å². The topological polar surface area (TPSA) is 68.9 Å². The molecule has 0 radical (unpaired) electrons. The van der Waals surface area contributed by atoms with Crippen LogP contribution in [-0.4, -0.2) is 26.7 Å². The fourth-order valence-corrected chi connectivity index (χ4v) is 2.41. The molecule has 0 heterocycles. The van der Waals surface area contributed by atoms with E-state index < -0.39 is 0 Å². The third kappa shape index (κ3) is 6.81. The standard InChI is InChI=1S/C19H25N3O2.HI/c1-14-5-4-6-15(11-14)9-10-21-19(20)22-13-16-7-8-17(23-2)18(12-16)24-3;/h4-8,11-12H,9-10,13H2,1-3H3,(H3,20,21,22);1H. The molecule has 0 amide bonds. The zero-order valence-corrected chi connectivity index (χ0v) is 17.2. The molecule has 0 aliphatic rings. The number of nitrogens with one attached hydrogen (secondary N) is 1. The lowest BCUT2D eigenvalue weighted by Gasteiger charge is -2.09. The maximum absolute atomic E-state index is 5.93. The fourth-order valence-electron chi connectivity index (χ4n) is 2.41.